The molecule has 1 fully saturated rings. The minimum Gasteiger partial charge on any atom is -0.382 e. The quantitative estimate of drug-likeness (QED) is 0.728. The number of benzene rings is 1. The van der Waals surface area contributed by atoms with Crippen LogP contribution in [0.4, 0.5) is 5.69 Å². The summed E-state index contributed by atoms with van der Waals surface area (Å²) in [4.78, 5) is 0. The first-order valence-electron chi connectivity index (χ1n) is 7.40. The topological polar surface area (TPSA) is 12.0 Å². The van der Waals surface area contributed by atoms with Gasteiger partial charge in [-0.1, -0.05) is 49.5 Å². The van der Waals surface area contributed by atoms with Gasteiger partial charge in [-0.05, 0) is 54.9 Å². The van der Waals surface area contributed by atoms with Crippen molar-refractivity contribution in [2.75, 3.05) is 5.32 Å². The van der Waals surface area contributed by atoms with Gasteiger partial charge in [-0.3, -0.25) is 0 Å². The van der Waals surface area contributed by atoms with Gasteiger partial charge < -0.3 is 5.32 Å². The van der Waals surface area contributed by atoms with Crippen molar-refractivity contribution in [3.05, 3.63) is 28.2 Å². The SMILES string of the molecule is Cc1cc(Br)cc(NC2CCCCC2C(C)(C)C)c1. The van der Waals surface area contributed by atoms with Gasteiger partial charge in [0, 0.05) is 16.2 Å². The maximum atomic E-state index is 3.79. The molecule has 1 aromatic carbocycles. The summed E-state index contributed by atoms with van der Waals surface area (Å²) >= 11 is 3.59. The van der Waals surface area contributed by atoms with Crippen LogP contribution in [0.15, 0.2) is 22.7 Å². The highest BCUT2D eigenvalue weighted by atomic mass is 79.9. The van der Waals surface area contributed by atoms with E-state index in [1.807, 2.05) is 0 Å². The second kappa shape index (κ2) is 5.87. The Morgan fingerprint density at radius 1 is 1.11 bits per heavy atom. The van der Waals surface area contributed by atoms with Crippen LogP contribution in [0.5, 0.6) is 0 Å². The average molecular weight is 324 g/mol. The number of rotatable bonds is 2. The molecule has 1 aliphatic rings. The second-order valence-corrected chi connectivity index (χ2v) is 7.94. The highest BCUT2D eigenvalue weighted by Gasteiger charge is 2.33. The van der Waals surface area contributed by atoms with Gasteiger partial charge in [0.15, 0.2) is 0 Å². The Balaban J connectivity index is 2.15. The van der Waals surface area contributed by atoms with Crippen molar-refractivity contribution in [1.82, 2.24) is 0 Å². The number of hydrogen-bond acceptors (Lipinski definition) is 1. The van der Waals surface area contributed by atoms with E-state index in [4.69, 9.17) is 0 Å². The zero-order valence-corrected chi connectivity index (χ0v) is 14.2. The average Bonchev–Trinajstić information content (AvgIpc) is 2.26. The molecule has 1 aliphatic carbocycles. The van der Waals surface area contributed by atoms with Crippen LogP contribution < -0.4 is 5.32 Å². The van der Waals surface area contributed by atoms with Gasteiger partial charge in [-0.25, -0.2) is 0 Å². The zero-order chi connectivity index (χ0) is 14.0. The molecule has 0 aliphatic heterocycles. The van der Waals surface area contributed by atoms with Crippen LogP contribution in [-0.4, -0.2) is 6.04 Å². The lowest BCUT2D eigenvalue weighted by Gasteiger charge is -2.41. The smallest absolute Gasteiger partial charge is 0.0356 e. The summed E-state index contributed by atoms with van der Waals surface area (Å²) < 4.78 is 1.16. The van der Waals surface area contributed by atoms with Crippen LogP contribution >= 0.6 is 15.9 Å². The van der Waals surface area contributed by atoms with E-state index >= 15 is 0 Å². The van der Waals surface area contributed by atoms with E-state index in [1.165, 1.54) is 36.9 Å². The van der Waals surface area contributed by atoms with Crippen LogP contribution in [0.3, 0.4) is 0 Å². The third-order valence-corrected chi connectivity index (χ3v) is 4.73. The predicted octanol–water partition coefficient (Wildman–Crippen LogP) is 5.77. The van der Waals surface area contributed by atoms with Gasteiger partial charge in [0.2, 0.25) is 0 Å². The molecule has 0 bridgehead atoms. The first kappa shape index (κ1) is 14.9. The summed E-state index contributed by atoms with van der Waals surface area (Å²) in [6, 6.07) is 7.22. The minimum atomic E-state index is 0.388. The summed E-state index contributed by atoms with van der Waals surface area (Å²) in [7, 11) is 0. The van der Waals surface area contributed by atoms with Gasteiger partial charge >= 0.3 is 0 Å². The first-order chi connectivity index (χ1) is 8.86. The zero-order valence-electron chi connectivity index (χ0n) is 12.6. The molecule has 0 amide bonds. The molecule has 1 saturated carbocycles. The Labute approximate surface area is 126 Å². The molecule has 1 N–H and O–H groups in total. The Hall–Kier alpha value is -0.500. The highest BCUT2D eigenvalue weighted by molar-refractivity contribution is 9.10. The first-order valence-corrected chi connectivity index (χ1v) is 8.19. The van der Waals surface area contributed by atoms with Gasteiger partial charge in [-0.2, -0.15) is 0 Å². The number of aryl methyl sites for hydroxylation is 1. The van der Waals surface area contributed by atoms with Crippen LogP contribution in [0.1, 0.15) is 52.0 Å². The van der Waals surface area contributed by atoms with E-state index in [9.17, 15) is 0 Å². The molecule has 2 heteroatoms. The van der Waals surface area contributed by atoms with E-state index in [2.05, 4.69) is 67.1 Å². The normalized spacial score (nSPS) is 24.3. The number of anilines is 1. The molecule has 0 heterocycles. The molecule has 2 rings (SSSR count). The largest absolute Gasteiger partial charge is 0.382 e. The summed E-state index contributed by atoms with van der Waals surface area (Å²) in [5.74, 6) is 0.764. The Bertz CT molecular complexity index is 413. The molecule has 0 aromatic heterocycles. The van der Waals surface area contributed by atoms with E-state index in [-0.39, 0.29) is 0 Å². The van der Waals surface area contributed by atoms with Crippen molar-refractivity contribution in [3.8, 4) is 0 Å². The van der Waals surface area contributed by atoms with E-state index in [1.54, 1.807) is 0 Å². The summed E-state index contributed by atoms with van der Waals surface area (Å²) in [5.41, 5.74) is 2.95. The summed E-state index contributed by atoms with van der Waals surface area (Å²) in [5, 5.41) is 3.79. The fourth-order valence-corrected chi connectivity index (χ4v) is 3.98. The highest BCUT2D eigenvalue weighted by Crippen LogP contribution is 2.39. The van der Waals surface area contributed by atoms with Crippen molar-refractivity contribution in [2.45, 2.75) is 59.4 Å². The maximum absolute atomic E-state index is 3.79. The van der Waals surface area contributed by atoms with Crippen molar-refractivity contribution in [3.63, 3.8) is 0 Å². The van der Waals surface area contributed by atoms with Crippen molar-refractivity contribution in [1.29, 1.82) is 0 Å². The molecule has 19 heavy (non-hydrogen) atoms. The lowest BCUT2D eigenvalue weighted by molar-refractivity contribution is 0.163. The third-order valence-electron chi connectivity index (χ3n) is 4.27. The number of halogens is 1. The number of nitrogens with one attached hydrogen (secondary N) is 1. The third kappa shape index (κ3) is 3.98. The van der Waals surface area contributed by atoms with E-state index in [0.29, 0.717) is 11.5 Å². The summed E-state index contributed by atoms with van der Waals surface area (Å²) in [6.07, 6.45) is 5.40. The molecule has 0 radical (unpaired) electrons. The van der Waals surface area contributed by atoms with Crippen LogP contribution in [0, 0.1) is 18.3 Å². The minimum absolute atomic E-state index is 0.388. The molecule has 1 aromatic rings. The van der Waals surface area contributed by atoms with E-state index < -0.39 is 0 Å². The predicted molar refractivity (Wildman–Crippen MR) is 87.7 cm³/mol. The molecule has 2 atom stereocenters. The molecule has 0 spiro atoms. The van der Waals surface area contributed by atoms with Gasteiger partial charge in [0.05, 0.1) is 0 Å². The lowest BCUT2D eigenvalue weighted by Crippen LogP contribution is -2.39. The van der Waals surface area contributed by atoms with E-state index in [0.717, 1.165) is 10.4 Å². The van der Waals surface area contributed by atoms with Gasteiger partial charge in [-0.15, -0.1) is 0 Å². The summed E-state index contributed by atoms with van der Waals surface area (Å²) in [6.45, 7) is 9.29. The molecule has 0 saturated heterocycles. The van der Waals surface area contributed by atoms with Crippen molar-refractivity contribution in [2.24, 2.45) is 11.3 Å². The Morgan fingerprint density at radius 3 is 2.42 bits per heavy atom. The van der Waals surface area contributed by atoms with Crippen molar-refractivity contribution < 1.29 is 0 Å². The second-order valence-electron chi connectivity index (χ2n) is 7.03. The van der Waals surface area contributed by atoms with Gasteiger partial charge in [0.1, 0.15) is 0 Å². The molecule has 106 valence electrons. The molecular formula is C17H26BrN. The molecular weight excluding hydrogens is 298 g/mol. The molecule has 2 unspecified atom stereocenters. The Morgan fingerprint density at radius 2 is 1.79 bits per heavy atom. The van der Waals surface area contributed by atoms with Crippen molar-refractivity contribution >= 4 is 21.6 Å². The van der Waals surface area contributed by atoms with Crippen LogP contribution in [0.25, 0.3) is 0 Å². The fourth-order valence-electron chi connectivity index (χ4n) is 3.37. The lowest BCUT2D eigenvalue weighted by atomic mass is 9.69. The number of hydrogen-bond donors (Lipinski definition) is 1. The maximum Gasteiger partial charge on any atom is 0.0356 e. The standard InChI is InChI=1S/C17H26BrN/c1-12-9-13(18)11-14(10-12)19-16-8-6-5-7-15(16)17(2,3)4/h9-11,15-16,19H,5-8H2,1-4H3. The van der Waals surface area contributed by atoms with Gasteiger partial charge in [0.25, 0.3) is 0 Å². The van der Waals surface area contributed by atoms with Crippen LogP contribution in [0.2, 0.25) is 0 Å². The molecule has 1 nitrogen and oxygen atoms in total. The monoisotopic (exact) mass is 323 g/mol. The van der Waals surface area contributed by atoms with Crippen LogP contribution in [-0.2, 0) is 0 Å². The Kier molecular flexibility index (Phi) is 4.60. The fraction of sp³-hybridized carbons (Fsp3) is 0.647.